The molecule has 4 aromatic rings. The van der Waals surface area contributed by atoms with Crippen molar-refractivity contribution in [3.8, 4) is 5.75 Å². The van der Waals surface area contributed by atoms with Crippen LogP contribution in [0.25, 0.3) is 0 Å². The summed E-state index contributed by atoms with van der Waals surface area (Å²) in [5.41, 5.74) is 10.3. The first-order valence-electron chi connectivity index (χ1n) is 16.8. The van der Waals surface area contributed by atoms with E-state index in [1.54, 1.807) is 0 Å². The molecule has 0 aliphatic rings. The van der Waals surface area contributed by atoms with Gasteiger partial charge in [-0.05, 0) is 52.8 Å². The molecule has 4 rings (SSSR count). The lowest BCUT2D eigenvalue weighted by atomic mass is 10.0. The predicted molar refractivity (Wildman–Crippen MR) is 197 cm³/mol. The maximum Gasteiger partial charge on any atom is 0.513 e. The number of benzene rings is 4. The monoisotopic (exact) mass is 731 g/mol. The summed E-state index contributed by atoms with van der Waals surface area (Å²) in [5, 5.41) is 0. The fourth-order valence-electron chi connectivity index (χ4n) is 4.81. The van der Waals surface area contributed by atoms with E-state index < -0.39 is 22.3 Å². The van der Waals surface area contributed by atoms with Crippen LogP contribution in [0.5, 0.6) is 5.75 Å². The van der Waals surface area contributed by atoms with Gasteiger partial charge in [0.05, 0.1) is 26.4 Å². The van der Waals surface area contributed by atoms with E-state index in [0.29, 0.717) is 25.6 Å². The number of nitrogens with two attached hydrogens (primary N) is 1. The van der Waals surface area contributed by atoms with Crippen LogP contribution in [-0.4, -0.2) is 70.8 Å². The van der Waals surface area contributed by atoms with E-state index in [0.717, 1.165) is 21.0 Å². The van der Waals surface area contributed by atoms with Gasteiger partial charge in [-0.2, -0.15) is 4.99 Å². The van der Waals surface area contributed by atoms with Crippen LogP contribution in [0.3, 0.4) is 0 Å². The van der Waals surface area contributed by atoms with Crippen molar-refractivity contribution in [3.63, 3.8) is 0 Å². The van der Waals surface area contributed by atoms with Gasteiger partial charge >= 0.3 is 12.2 Å². The zero-order valence-electron chi connectivity index (χ0n) is 29.6. The van der Waals surface area contributed by atoms with Crippen LogP contribution < -0.4 is 10.5 Å². The third-order valence-corrected chi connectivity index (χ3v) is 9.70. The van der Waals surface area contributed by atoms with Gasteiger partial charge < -0.3 is 29.4 Å². The number of ether oxygens (including phenoxy) is 5. The lowest BCUT2D eigenvalue weighted by Gasteiger charge is -2.20. The van der Waals surface area contributed by atoms with Crippen molar-refractivity contribution in [2.75, 3.05) is 40.0 Å². The van der Waals surface area contributed by atoms with Gasteiger partial charge in [0.25, 0.3) is 0 Å². The molecular formula is C39H45N3O9S. The third-order valence-electron chi connectivity index (χ3n) is 7.82. The summed E-state index contributed by atoms with van der Waals surface area (Å²) in [5.74, 6) is -0.227. The molecule has 0 aliphatic heterocycles. The second-order valence-corrected chi connectivity index (χ2v) is 14.0. The standard InChI is InChI=1S/C39H45N3O9S/c1-29(2)33-16-14-30(15-17-33)20-21-42(3)52(45,46)36-26-34(37(40)41-38(43)49-24-22-47-27-31-10-6-4-7-11-31)18-19-35(36)51-39(44)50-25-23-48-28-32-12-8-5-9-13-32/h4-19,26,29H,20-25,27-28H2,1-3H3,(H2,40,41,43). The van der Waals surface area contributed by atoms with Crippen molar-refractivity contribution in [2.24, 2.45) is 10.7 Å². The van der Waals surface area contributed by atoms with Crippen molar-refractivity contribution in [1.82, 2.24) is 4.31 Å². The average Bonchev–Trinajstić information content (AvgIpc) is 3.14. The maximum absolute atomic E-state index is 13.9. The van der Waals surface area contributed by atoms with E-state index in [4.69, 9.17) is 29.4 Å². The van der Waals surface area contributed by atoms with Gasteiger partial charge in [0.15, 0.2) is 5.75 Å². The molecule has 0 bridgehead atoms. The number of sulfonamides is 1. The Bertz CT molecular complexity index is 1870. The van der Waals surface area contributed by atoms with E-state index in [2.05, 4.69) is 18.8 Å². The molecule has 12 nitrogen and oxygen atoms in total. The second kappa shape index (κ2) is 20.1. The minimum absolute atomic E-state index is 0.0702. The van der Waals surface area contributed by atoms with E-state index in [1.807, 2.05) is 84.9 Å². The van der Waals surface area contributed by atoms with Crippen molar-refractivity contribution in [2.45, 2.75) is 44.3 Å². The Morgan fingerprint density at radius 1 is 0.750 bits per heavy atom. The normalized spacial score (nSPS) is 11.8. The maximum atomic E-state index is 13.9. The van der Waals surface area contributed by atoms with Crippen LogP contribution in [0, 0.1) is 0 Å². The SMILES string of the molecule is CC(C)c1ccc(CCN(C)S(=O)(=O)c2cc(/C(N)=N/C(=O)OCCOCc3ccccc3)ccc2OC(=O)OCCOCc2ccccc2)cc1. The first kappa shape index (κ1) is 39.7. The summed E-state index contributed by atoms with van der Waals surface area (Å²) in [7, 11) is -2.84. The van der Waals surface area contributed by atoms with Gasteiger partial charge in [0.2, 0.25) is 10.0 Å². The van der Waals surface area contributed by atoms with Crippen molar-refractivity contribution < 1.29 is 41.7 Å². The summed E-state index contributed by atoms with van der Waals surface area (Å²) in [6, 6.07) is 30.8. The number of carbonyl (C=O) groups is 2. The molecule has 4 aromatic carbocycles. The minimum Gasteiger partial charge on any atom is -0.445 e. The number of rotatable bonds is 18. The summed E-state index contributed by atoms with van der Waals surface area (Å²) in [6.45, 7) is 5.04. The van der Waals surface area contributed by atoms with Crippen molar-refractivity contribution in [1.29, 1.82) is 0 Å². The fraction of sp³-hybridized carbons (Fsp3) is 0.308. The van der Waals surface area contributed by atoms with Gasteiger partial charge in [-0.3, -0.25) is 0 Å². The van der Waals surface area contributed by atoms with Crippen LogP contribution in [0.1, 0.15) is 47.6 Å². The Kier molecular flexibility index (Phi) is 15.3. The number of amides is 1. The lowest BCUT2D eigenvalue weighted by molar-refractivity contribution is 0.0459. The Hall–Kier alpha value is -5.08. The van der Waals surface area contributed by atoms with Gasteiger partial charge in [0, 0.05) is 19.2 Å². The zero-order valence-corrected chi connectivity index (χ0v) is 30.4. The number of hydrogen-bond donors (Lipinski definition) is 1. The Morgan fingerprint density at radius 2 is 1.33 bits per heavy atom. The van der Waals surface area contributed by atoms with Crippen LogP contribution in [0.15, 0.2) is 113 Å². The lowest BCUT2D eigenvalue weighted by Crippen LogP contribution is -2.30. The molecule has 276 valence electrons. The highest BCUT2D eigenvalue weighted by Gasteiger charge is 2.27. The molecule has 2 N–H and O–H groups in total. The van der Waals surface area contributed by atoms with Gasteiger partial charge in [-0.25, -0.2) is 22.3 Å². The molecule has 0 fully saturated rings. The smallest absolute Gasteiger partial charge is 0.445 e. The minimum atomic E-state index is -4.26. The molecule has 0 heterocycles. The largest absolute Gasteiger partial charge is 0.513 e. The van der Waals surface area contributed by atoms with Gasteiger partial charge in [-0.15, -0.1) is 0 Å². The van der Waals surface area contributed by atoms with E-state index in [9.17, 15) is 18.0 Å². The molecule has 0 spiro atoms. The molecule has 0 aliphatic carbocycles. The van der Waals surface area contributed by atoms with E-state index >= 15 is 0 Å². The number of likely N-dealkylation sites (N-methyl/N-ethyl adjacent to an activating group) is 1. The van der Waals surface area contributed by atoms with Crippen molar-refractivity contribution in [3.05, 3.63) is 131 Å². The Morgan fingerprint density at radius 3 is 1.90 bits per heavy atom. The molecule has 0 unspecified atom stereocenters. The summed E-state index contributed by atoms with van der Waals surface area (Å²) < 4.78 is 55.6. The average molecular weight is 732 g/mol. The summed E-state index contributed by atoms with van der Waals surface area (Å²) >= 11 is 0. The molecule has 0 saturated carbocycles. The number of aliphatic imine (C=N–C) groups is 1. The first-order valence-corrected chi connectivity index (χ1v) is 18.3. The Labute approximate surface area is 305 Å². The summed E-state index contributed by atoms with van der Waals surface area (Å²) in [6.07, 6.45) is -1.68. The number of amidine groups is 1. The number of nitrogens with zero attached hydrogens (tertiary/aromatic N) is 2. The highest BCUT2D eigenvalue weighted by atomic mass is 32.2. The number of carbonyl (C=O) groups excluding carboxylic acids is 2. The van der Waals surface area contributed by atoms with Crippen LogP contribution >= 0.6 is 0 Å². The van der Waals surface area contributed by atoms with Crippen LogP contribution in [0.2, 0.25) is 0 Å². The Balaban J connectivity index is 1.42. The summed E-state index contributed by atoms with van der Waals surface area (Å²) in [4.78, 5) is 28.4. The van der Waals surface area contributed by atoms with E-state index in [1.165, 1.54) is 30.8 Å². The van der Waals surface area contributed by atoms with Crippen molar-refractivity contribution >= 4 is 28.1 Å². The highest BCUT2D eigenvalue weighted by Crippen LogP contribution is 2.29. The highest BCUT2D eigenvalue weighted by molar-refractivity contribution is 7.89. The molecule has 0 atom stereocenters. The zero-order chi connectivity index (χ0) is 37.3. The number of hydrogen-bond acceptors (Lipinski definition) is 9. The molecule has 0 aromatic heterocycles. The van der Waals surface area contributed by atoms with Crippen LogP contribution in [0.4, 0.5) is 9.59 Å². The predicted octanol–water partition coefficient (Wildman–Crippen LogP) is 6.46. The van der Waals surface area contributed by atoms with Gasteiger partial charge in [0.1, 0.15) is 23.9 Å². The second-order valence-electron chi connectivity index (χ2n) is 12.0. The molecule has 13 heteroatoms. The van der Waals surface area contributed by atoms with Gasteiger partial charge in [-0.1, -0.05) is 98.8 Å². The molecular weight excluding hydrogens is 687 g/mol. The first-order chi connectivity index (χ1) is 25.0. The molecule has 52 heavy (non-hydrogen) atoms. The molecule has 1 amide bonds. The van der Waals surface area contributed by atoms with E-state index in [-0.39, 0.29) is 55.0 Å². The third kappa shape index (κ3) is 12.6. The molecule has 0 saturated heterocycles. The van der Waals surface area contributed by atoms with Crippen LogP contribution in [-0.2, 0) is 48.6 Å². The quantitative estimate of drug-likeness (QED) is 0.0396. The fourth-order valence-corrected chi connectivity index (χ4v) is 6.12. The molecule has 0 radical (unpaired) electrons. The topological polar surface area (TPSA) is 156 Å².